The van der Waals surface area contributed by atoms with Gasteiger partial charge in [0.05, 0.1) is 51.8 Å². The molecule has 0 saturated carbocycles. The molecule has 0 bridgehead atoms. The highest BCUT2D eigenvalue weighted by atomic mass is 35.5. The summed E-state index contributed by atoms with van der Waals surface area (Å²) in [6.07, 6.45) is -7.47. The maximum Gasteiger partial charge on any atom is 0.416 e. The predicted molar refractivity (Wildman–Crippen MR) is 280 cm³/mol. The van der Waals surface area contributed by atoms with Crippen LogP contribution in [0.15, 0.2) is 157 Å². The minimum Gasteiger partial charge on any atom is -0.469 e. The maximum atomic E-state index is 14.7. The molecule has 2 atom stereocenters. The number of hydrogen-bond donors (Lipinski definition) is 3. The first kappa shape index (κ1) is 63.4. The highest BCUT2D eigenvalue weighted by Crippen LogP contribution is 2.41. The summed E-state index contributed by atoms with van der Waals surface area (Å²) in [5.74, 6) is -5.46. The van der Waals surface area contributed by atoms with Gasteiger partial charge in [-0.1, -0.05) is 86.4 Å². The van der Waals surface area contributed by atoms with Crippen LogP contribution < -0.4 is 16.0 Å². The van der Waals surface area contributed by atoms with Gasteiger partial charge in [-0.2, -0.15) is 31.3 Å². The molecule has 0 aliphatic carbocycles. The van der Waals surface area contributed by atoms with Crippen LogP contribution in [-0.4, -0.2) is 46.8 Å². The number of halogens is 12. The van der Waals surface area contributed by atoms with E-state index in [1.54, 1.807) is 51.1 Å². The number of nitrogens with zero attached hydrogens (tertiary/aromatic N) is 3. The first-order valence-electron chi connectivity index (χ1n) is 23.6. The Kier molecular flexibility index (Phi) is 21.2. The van der Waals surface area contributed by atoms with E-state index < -0.39 is 99.8 Å². The summed E-state index contributed by atoms with van der Waals surface area (Å²) in [6.45, 7) is 4.73. The molecule has 424 valence electrons. The minimum atomic E-state index is -4.94. The lowest BCUT2D eigenvalue weighted by Gasteiger charge is -2.36. The Morgan fingerprint density at radius 3 is 1.52 bits per heavy atom. The molecule has 7 aromatic rings. The number of alkyl halides is 6. The summed E-state index contributed by atoms with van der Waals surface area (Å²) in [6, 6.07) is 26.9. The highest BCUT2D eigenvalue weighted by Gasteiger charge is 2.45. The van der Waals surface area contributed by atoms with E-state index in [1.165, 1.54) is 73.1 Å². The van der Waals surface area contributed by atoms with Crippen LogP contribution >= 0.6 is 23.2 Å². The van der Waals surface area contributed by atoms with E-state index in [2.05, 4.69) is 30.9 Å². The van der Waals surface area contributed by atoms with E-state index in [9.17, 15) is 67.9 Å². The third-order valence-corrected chi connectivity index (χ3v) is 12.0. The molecule has 7 rings (SSSR count). The zero-order valence-corrected chi connectivity index (χ0v) is 44.4. The third-order valence-electron chi connectivity index (χ3n) is 11.5. The number of esters is 1. The van der Waals surface area contributed by atoms with Crippen molar-refractivity contribution in [3.8, 4) is 0 Å². The van der Waals surface area contributed by atoms with Crippen LogP contribution in [0, 0.1) is 28.7 Å². The number of ether oxygens (including phenoxy) is 1. The number of rotatable bonds is 14. The number of nitrogens with one attached hydrogen (secondary N) is 3. The molecule has 2 heterocycles. The van der Waals surface area contributed by atoms with Crippen molar-refractivity contribution in [3.05, 3.63) is 224 Å². The first-order chi connectivity index (χ1) is 38.0. The average Bonchev–Trinajstić information content (AvgIpc) is 3.60. The zero-order valence-electron chi connectivity index (χ0n) is 42.9. The van der Waals surface area contributed by atoms with E-state index in [4.69, 9.17) is 27.9 Å². The SMILES string of the molecule is COC(=O)C[C@](NC(=O)C(C)(C)C)(c1cc(F)cc(C(F)(F)F)c1)c1ccc(Cl)cn1.O=C(Cc1ccccc1)C[C@](NC(=O)Nc1cccc(F)c1)(c1cc(F)cc(C(F)(F)F)c1)c1ccc(Cl)cn1.O=C=Nc1cccc(F)c1. The smallest absolute Gasteiger partial charge is 0.416 e. The van der Waals surface area contributed by atoms with Crippen LogP contribution in [0.1, 0.15) is 72.8 Å². The molecule has 0 aliphatic rings. The molecule has 24 heteroatoms. The minimum absolute atomic E-state index is 0.0152. The molecule has 0 spiro atoms. The first-order valence-corrected chi connectivity index (χ1v) is 24.4. The number of pyridine rings is 2. The van der Waals surface area contributed by atoms with Gasteiger partial charge in [-0.25, -0.2) is 27.2 Å². The van der Waals surface area contributed by atoms with Gasteiger partial charge in [0.25, 0.3) is 0 Å². The lowest BCUT2D eigenvalue weighted by Crippen LogP contribution is -2.52. The lowest BCUT2D eigenvalue weighted by molar-refractivity contribution is -0.143. The largest absolute Gasteiger partial charge is 0.469 e. The molecule has 2 aromatic heterocycles. The van der Waals surface area contributed by atoms with Crippen LogP contribution in [0.25, 0.3) is 0 Å². The Morgan fingerprint density at radius 1 is 0.580 bits per heavy atom. The topological polar surface area (TPSA) is 169 Å². The fourth-order valence-corrected chi connectivity index (χ4v) is 7.89. The summed E-state index contributed by atoms with van der Waals surface area (Å²) >= 11 is 11.9. The van der Waals surface area contributed by atoms with Crippen LogP contribution in [0.2, 0.25) is 10.0 Å². The molecule has 81 heavy (non-hydrogen) atoms. The van der Waals surface area contributed by atoms with Crippen molar-refractivity contribution in [2.24, 2.45) is 10.4 Å². The molecular weight excluding hydrogens is 1130 g/mol. The van der Waals surface area contributed by atoms with Crippen molar-refractivity contribution in [2.45, 2.75) is 63.5 Å². The van der Waals surface area contributed by atoms with E-state index in [-0.39, 0.29) is 50.4 Å². The Labute approximate surface area is 466 Å². The van der Waals surface area contributed by atoms with E-state index in [0.29, 0.717) is 29.8 Å². The Hall–Kier alpha value is -8.46. The average molecular weight is 1170 g/mol. The number of anilines is 1. The standard InChI is InChI=1S/C29H21ClF5N3O2.C21H21ClF4N2O3.C7H4FNO/c30-21-9-10-26(36-17-21)28(16-25(39)11-18-5-2-1-3-6-18,19-12-20(29(33,34)35)14-23(32)13-19)38-27(40)37-24-8-4-7-22(31)15-24;1-19(2,3)18(30)28-20(10-17(29)31-4,16-6-5-14(22)11-27-16)12-7-13(21(24,25)26)9-15(23)8-12;8-6-2-1-3-7(4-6)9-5-10/h1-10,12-15,17H,11,16H2,(H2,37,38,40);5-9,11H,10H2,1-4H3,(H,28,30);1-4H/t28-;20-;/m00./s1. The number of carbonyl (C=O) groups excluding carboxylic acids is 5. The van der Waals surface area contributed by atoms with Crippen LogP contribution in [-0.2, 0) is 53.8 Å². The van der Waals surface area contributed by atoms with Crippen molar-refractivity contribution in [2.75, 3.05) is 12.4 Å². The molecular formula is C57H46Cl2F10N6O6. The fraction of sp³-hybridized carbons (Fsp3) is 0.211. The van der Waals surface area contributed by atoms with Crippen molar-refractivity contribution in [1.82, 2.24) is 20.6 Å². The normalized spacial score (nSPS) is 12.7. The second kappa shape index (κ2) is 27.1. The monoisotopic (exact) mass is 1170 g/mol. The number of isocyanates is 1. The molecule has 0 fully saturated rings. The van der Waals surface area contributed by atoms with Crippen molar-refractivity contribution < 1.29 is 72.6 Å². The van der Waals surface area contributed by atoms with Gasteiger partial charge in [0.2, 0.25) is 12.0 Å². The van der Waals surface area contributed by atoms with Gasteiger partial charge in [0.15, 0.2) is 0 Å². The molecule has 0 saturated heterocycles. The fourth-order valence-electron chi connectivity index (χ4n) is 7.67. The number of benzene rings is 5. The molecule has 5 aromatic carbocycles. The number of urea groups is 1. The van der Waals surface area contributed by atoms with E-state index in [1.807, 2.05) is 0 Å². The number of hydrogen-bond acceptors (Lipinski definition) is 9. The van der Waals surface area contributed by atoms with Crippen molar-refractivity contribution in [3.63, 3.8) is 0 Å². The zero-order chi connectivity index (χ0) is 59.9. The molecule has 0 aliphatic heterocycles. The maximum absolute atomic E-state index is 14.7. The summed E-state index contributed by atoms with van der Waals surface area (Å²) in [4.78, 5) is 73.0. The van der Waals surface area contributed by atoms with Gasteiger partial charge >= 0.3 is 24.4 Å². The van der Waals surface area contributed by atoms with Crippen molar-refractivity contribution >= 4 is 64.3 Å². The molecule has 12 nitrogen and oxygen atoms in total. The van der Waals surface area contributed by atoms with Gasteiger partial charge < -0.3 is 20.7 Å². The molecule has 3 N–H and O–H groups in total. The Bertz CT molecular complexity index is 3400. The van der Waals surface area contributed by atoms with Crippen LogP contribution in [0.3, 0.4) is 0 Å². The Morgan fingerprint density at radius 2 is 1.07 bits per heavy atom. The van der Waals surface area contributed by atoms with Crippen LogP contribution in [0.4, 0.5) is 60.1 Å². The molecule has 0 radical (unpaired) electrons. The summed E-state index contributed by atoms with van der Waals surface area (Å²) in [5, 5.41) is 7.94. The number of amides is 3. The third kappa shape index (κ3) is 18.0. The van der Waals surface area contributed by atoms with Gasteiger partial charge in [0, 0.05) is 42.4 Å². The summed E-state index contributed by atoms with van der Waals surface area (Å²) < 4.78 is 141. The second-order valence-electron chi connectivity index (χ2n) is 18.6. The molecule has 3 amide bonds. The van der Waals surface area contributed by atoms with E-state index >= 15 is 0 Å². The van der Waals surface area contributed by atoms with Gasteiger partial charge in [-0.3, -0.25) is 24.4 Å². The summed E-state index contributed by atoms with van der Waals surface area (Å²) in [7, 11) is 1.08. The van der Waals surface area contributed by atoms with Gasteiger partial charge in [-0.15, -0.1) is 0 Å². The number of carbonyl (C=O) groups is 4. The van der Waals surface area contributed by atoms with Crippen molar-refractivity contribution in [1.29, 1.82) is 0 Å². The predicted octanol–water partition coefficient (Wildman–Crippen LogP) is 14.0. The number of aromatic nitrogens is 2. The number of Topliss-reactive ketones (excluding diaryl/α,β-unsaturated/α-hetero) is 1. The molecule has 0 unspecified atom stereocenters. The van der Waals surface area contributed by atoms with E-state index in [0.717, 1.165) is 37.4 Å². The Balaban J connectivity index is 0.000000259. The highest BCUT2D eigenvalue weighted by molar-refractivity contribution is 6.30. The number of ketones is 1. The summed E-state index contributed by atoms with van der Waals surface area (Å²) in [5.41, 5.74) is -7.51. The number of methoxy groups -OCH3 is 1. The van der Waals surface area contributed by atoms with Crippen LogP contribution in [0.5, 0.6) is 0 Å². The van der Waals surface area contributed by atoms with Gasteiger partial charge in [-0.05, 0) is 108 Å². The quantitative estimate of drug-likeness (QED) is 0.0418. The van der Waals surface area contributed by atoms with Gasteiger partial charge in [0.1, 0.15) is 40.1 Å². The number of aliphatic imine (C=N–C) groups is 1. The lowest BCUT2D eigenvalue weighted by atomic mass is 9.80. The second-order valence-corrected chi connectivity index (χ2v) is 19.5.